The first kappa shape index (κ1) is 12.4. The minimum atomic E-state index is 0.511. The third-order valence-corrected chi connectivity index (χ3v) is 3.99. The number of nitrogens with zero attached hydrogens (tertiary/aromatic N) is 2. The molecule has 3 heteroatoms. The van der Waals surface area contributed by atoms with Crippen molar-refractivity contribution < 1.29 is 0 Å². The van der Waals surface area contributed by atoms with Crippen LogP contribution in [0.4, 0.5) is 0 Å². The number of hydrogen-bond acceptors (Lipinski definition) is 2. The van der Waals surface area contributed by atoms with E-state index in [4.69, 9.17) is 0 Å². The van der Waals surface area contributed by atoms with Gasteiger partial charge >= 0.3 is 0 Å². The predicted molar refractivity (Wildman–Crippen MR) is 78.0 cm³/mol. The van der Waals surface area contributed by atoms with E-state index in [-0.39, 0.29) is 0 Å². The van der Waals surface area contributed by atoms with Crippen LogP contribution in [0, 0.1) is 0 Å². The summed E-state index contributed by atoms with van der Waals surface area (Å²) in [5.41, 5.74) is 2.45. The van der Waals surface area contributed by atoms with Crippen molar-refractivity contribution in [3.63, 3.8) is 0 Å². The molecule has 1 N–H and O–H groups in total. The van der Waals surface area contributed by atoms with Crippen LogP contribution in [-0.2, 0) is 0 Å². The van der Waals surface area contributed by atoms with Gasteiger partial charge < -0.3 is 5.32 Å². The van der Waals surface area contributed by atoms with E-state index in [0.717, 1.165) is 6.54 Å². The van der Waals surface area contributed by atoms with Crippen molar-refractivity contribution in [3.05, 3.63) is 42.7 Å². The molecule has 100 valence electrons. The molecule has 1 aliphatic rings. The van der Waals surface area contributed by atoms with Gasteiger partial charge in [-0.15, -0.1) is 0 Å². The SMILES string of the molecule is CCNC1CCCC1n1cc(-c2ccccc2)cn1. The topological polar surface area (TPSA) is 29.9 Å². The molecule has 0 spiro atoms. The zero-order valence-electron chi connectivity index (χ0n) is 11.4. The summed E-state index contributed by atoms with van der Waals surface area (Å²) in [7, 11) is 0. The van der Waals surface area contributed by atoms with Gasteiger partial charge in [0.2, 0.25) is 0 Å². The maximum absolute atomic E-state index is 4.58. The molecule has 1 heterocycles. The van der Waals surface area contributed by atoms with Crippen molar-refractivity contribution in [1.29, 1.82) is 0 Å². The first-order valence-electron chi connectivity index (χ1n) is 7.21. The second kappa shape index (κ2) is 5.57. The lowest BCUT2D eigenvalue weighted by Gasteiger charge is -2.20. The van der Waals surface area contributed by atoms with Crippen LogP contribution in [0.15, 0.2) is 42.7 Å². The van der Waals surface area contributed by atoms with Crippen LogP contribution in [0.1, 0.15) is 32.2 Å². The van der Waals surface area contributed by atoms with Crippen molar-refractivity contribution >= 4 is 0 Å². The molecule has 2 atom stereocenters. The summed E-state index contributed by atoms with van der Waals surface area (Å²) >= 11 is 0. The fourth-order valence-electron chi connectivity index (χ4n) is 3.06. The monoisotopic (exact) mass is 255 g/mol. The maximum Gasteiger partial charge on any atom is 0.0672 e. The summed E-state index contributed by atoms with van der Waals surface area (Å²) in [6.07, 6.45) is 7.96. The second-order valence-electron chi connectivity index (χ2n) is 5.24. The Bertz CT molecular complexity index is 518. The quantitative estimate of drug-likeness (QED) is 0.909. The Morgan fingerprint density at radius 3 is 2.84 bits per heavy atom. The van der Waals surface area contributed by atoms with Gasteiger partial charge in [0.15, 0.2) is 0 Å². The van der Waals surface area contributed by atoms with E-state index in [1.54, 1.807) is 0 Å². The van der Waals surface area contributed by atoms with E-state index >= 15 is 0 Å². The van der Waals surface area contributed by atoms with Gasteiger partial charge in [0, 0.05) is 17.8 Å². The highest BCUT2D eigenvalue weighted by molar-refractivity contribution is 5.61. The molecule has 1 aromatic carbocycles. The van der Waals surface area contributed by atoms with Crippen LogP contribution < -0.4 is 5.32 Å². The first-order valence-corrected chi connectivity index (χ1v) is 7.21. The van der Waals surface area contributed by atoms with Crippen LogP contribution in [0.3, 0.4) is 0 Å². The Balaban J connectivity index is 1.81. The molecule has 0 amide bonds. The van der Waals surface area contributed by atoms with Crippen LogP contribution in [0.25, 0.3) is 11.1 Å². The summed E-state index contributed by atoms with van der Waals surface area (Å²) in [6, 6.07) is 11.6. The van der Waals surface area contributed by atoms with E-state index in [0.29, 0.717) is 12.1 Å². The second-order valence-corrected chi connectivity index (χ2v) is 5.24. The highest BCUT2D eigenvalue weighted by Gasteiger charge is 2.28. The molecule has 3 rings (SSSR count). The average Bonchev–Trinajstić information content (AvgIpc) is 3.08. The fraction of sp³-hybridized carbons (Fsp3) is 0.438. The van der Waals surface area contributed by atoms with E-state index in [2.05, 4.69) is 52.5 Å². The summed E-state index contributed by atoms with van der Waals surface area (Å²) in [5.74, 6) is 0. The molecule has 1 aromatic heterocycles. The Morgan fingerprint density at radius 2 is 2.05 bits per heavy atom. The highest BCUT2D eigenvalue weighted by atomic mass is 15.3. The van der Waals surface area contributed by atoms with Gasteiger partial charge in [0.1, 0.15) is 0 Å². The standard InChI is InChI=1S/C16H21N3/c1-2-17-15-9-6-10-16(15)19-12-14(11-18-19)13-7-4-3-5-8-13/h3-5,7-8,11-12,15-17H,2,6,9-10H2,1H3. The van der Waals surface area contributed by atoms with Gasteiger partial charge in [-0.2, -0.15) is 5.10 Å². The average molecular weight is 255 g/mol. The van der Waals surface area contributed by atoms with Gasteiger partial charge in [0.25, 0.3) is 0 Å². The van der Waals surface area contributed by atoms with Gasteiger partial charge in [0.05, 0.1) is 12.2 Å². The molecule has 0 radical (unpaired) electrons. The molecule has 0 saturated heterocycles. The number of rotatable bonds is 4. The maximum atomic E-state index is 4.58. The van der Waals surface area contributed by atoms with Crippen LogP contribution in [-0.4, -0.2) is 22.4 Å². The van der Waals surface area contributed by atoms with Crippen molar-refractivity contribution in [2.75, 3.05) is 6.54 Å². The number of aromatic nitrogens is 2. The van der Waals surface area contributed by atoms with Crippen molar-refractivity contribution in [3.8, 4) is 11.1 Å². The minimum Gasteiger partial charge on any atom is -0.312 e. The number of hydrogen-bond donors (Lipinski definition) is 1. The van der Waals surface area contributed by atoms with Gasteiger partial charge in [-0.1, -0.05) is 37.3 Å². The minimum absolute atomic E-state index is 0.511. The Morgan fingerprint density at radius 1 is 1.21 bits per heavy atom. The lowest BCUT2D eigenvalue weighted by atomic mass is 10.1. The lowest BCUT2D eigenvalue weighted by molar-refractivity contribution is 0.371. The number of benzene rings is 1. The highest BCUT2D eigenvalue weighted by Crippen LogP contribution is 2.31. The molecular weight excluding hydrogens is 234 g/mol. The van der Waals surface area contributed by atoms with Gasteiger partial charge in [-0.05, 0) is 31.4 Å². The van der Waals surface area contributed by atoms with E-state index in [9.17, 15) is 0 Å². The van der Waals surface area contributed by atoms with Crippen molar-refractivity contribution in [1.82, 2.24) is 15.1 Å². The summed E-state index contributed by atoms with van der Waals surface area (Å²) < 4.78 is 2.16. The molecule has 0 bridgehead atoms. The smallest absolute Gasteiger partial charge is 0.0672 e. The molecule has 1 fully saturated rings. The molecular formula is C16H21N3. The van der Waals surface area contributed by atoms with Gasteiger partial charge in [-0.3, -0.25) is 4.68 Å². The fourth-order valence-corrected chi connectivity index (χ4v) is 3.06. The predicted octanol–water partition coefficient (Wildman–Crippen LogP) is 3.25. The molecule has 3 nitrogen and oxygen atoms in total. The number of nitrogens with one attached hydrogen (secondary N) is 1. The molecule has 1 aliphatic carbocycles. The zero-order chi connectivity index (χ0) is 13.1. The van der Waals surface area contributed by atoms with E-state index in [1.807, 2.05) is 12.3 Å². The first-order chi connectivity index (χ1) is 9.38. The molecule has 1 saturated carbocycles. The Kier molecular flexibility index (Phi) is 3.65. The number of likely N-dealkylation sites (N-methyl/N-ethyl adjacent to an activating group) is 1. The lowest BCUT2D eigenvalue weighted by Crippen LogP contribution is -2.33. The van der Waals surface area contributed by atoms with E-state index < -0.39 is 0 Å². The molecule has 19 heavy (non-hydrogen) atoms. The molecule has 2 aromatic rings. The summed E-state index contributed by atoms with van der Waals surface area (Å²) in [6.45, 7) is 3.21. The summed E-state index contributed by atoms with van der Waals surface area (Å²) in [4.78, 5) is 0. The van der Waals surface area contributed by atoms with Crippen LogP contribution in [0.2, 0.25) is 0 Å². The Hall–Kier alpha value is -1.61. The van der Waals surface area contributed by atoms with Crippen LogP contribution in [0.5, 0.6) is 0 Å². The van der Waals surface area contributed by atoms with Crippen LogP contribution >= 0.6 is 0 Å². The summed E-state index contributed by atoms with van der Waals surface area (Å²) in [5, 5.41) is 8.16. The Labute approximate surface area is 114 Å². The molecule has 0 aliphatic heterocycles. The van der Waals surface area contributed by atoms with Gasteiger partial charge in [-0.25, -0.2) is 0 Å². The zero-order valence-corrected chi connectivity index (χ0v) is 11.4. The largest absolute Gasteiger partial charge is 0.312 e. The third-order valence-electron chi connectivity index (χ3n) is 3.99. The molecule has 2 unspecified atom stereocenters. The third kappa shape index (κ3) is 2.56. The van der Waals surface area contributed by atoms with E-state index in [1.165, 1.54) is 30.4 Å². The van der Waals surface area contributed by atoms with Crippen molar-refractivity contribution in [2.24, 2.45) is 0 Å². The normalized spacial score (nSPS) is 22.8. The van der Waals surface area contributed by atoms with Crippen molar-refractivity contribution in [2.45, 2.75) is 38.3 Å².